The minimum Gasteiger partial charge on any atom is -0.544 e. The molecule has 1 aliphatic heterocycles. The average molecular weight is 292 g/mol. The minimum absolute atomic E-state index is 0.136. The quantitative estimate of drug-likeness (QED) is 0.774. The van der Waals surface area contributed by atoms with E-state index in [2.05, 4.69) is 20.9 Å². The number of carbonyl (C=O) groups is 1. The summed E-state index contributed by atoms with van der Waals surface area (Å²) in [6.07, 6.45) is 0. The second kappa shape index (κ2) is 4.46. The largest absolute Gasteiger partial charge is 0.544 e. The summed E-state index contributed by atoms with van der Waals surface area (Å²) in [6.45, 7) is 2.79. The van der Waals surface area contributed by atoms with Gasteiger partial charge >= 0.3 is 0 Å². The number of rotatable bonds is 2. The van der Waals surface area contributed by atoms with Crippen LogP contribution >= 0.6 is 27.3 Å². The van der Waals surface area contributed by atoms with Crippen molar-refractivity contribution in [2.24, 2.45) is 0 Å². The molecule has 82 valence electrons. The fraction of sp³-hybridized carbons (Fsp3) is 0.500. The van der Waals surface area contributed by atoms with Crippen molar-refractivity contribution >= 4 is 38.4 Å². The van der Waals surface area contributed by atoms with Gasteiger partial charge in [0.25, 0.3) is 0 Å². The van der Waals surface area contributed by atoms with Crippen molar-refractivity contribution in [3.8, 4) is 0 Å². The molecule has 0 aliphatic carbocycles. The smallest absolute Gasteiger partial charge is 0.187 e. The lowest BCUT2D eigenvalue weighted by Gasteiger charge is -2.25. The Morgan fingerprint density at radius 2 is 2.20 bits per heavy atom. The zero-order chi connectivity index (χ0) is 10.8. The van der Waals surface area contributed by atoms with Gasteiger partial charge in [0.15, 0.2) is 5.13 Å². The first kappa shape index (κ1) is 10.8. The number of nitrogens with zero attached hydrogens (tertiary/aromatic N) is 2. The van der Waals surface area contributed by atoms with Gasteiger partial charge in [0.05, 0.1) is 24.1 Å². The highest BCUT2D eigenvalue weighted by Gasteiger charge is 2.17. The summed E-state index contributed by atoms with van der Waals surface area (Å²) in [5.74, 6) is -1.20. The summed E-state index contributed by atoms with van der Waals surface area (Å²) in [5.41, 5.74) is 0. The monoisotopic (exact) mass is 291 g/mol. The van der Waals surface area contributed by atoms with E-state index < -0.39 is 5.97 Å². The van der Waals surface area contributed by atoms with Gasteiger partial charge in [0.2, 0.25) is 0 Å². The van der Waals surface area contributed by atoms with E-state index in [9.17, 15) is 9.90 Å². The highest BCUT2D eigenvalue weighted by Crippen LogP contribution is 2.29. The zero-order valence-electron chi connectivity index (χ0n) is 7.73. The first-order chi connectivity index (χ1) is 7.18. The molecule has 0 radical (unpaired) electrons. The van der Waals surface area contributed by atoms with E-state index in [1.165, 1.54) is 0 Å². The van der Waals surface area contributed by atoms with Crippen molar-refractivity contribution in [2.75, 3.05) is 31.2 Å². The molecule has 1 fully saturated rings. The third-order valence-electron chi connectivity index (χ3n) is 2.04. The first-order valence-corrected chi connectivity index (χ1v) is 6.00. The summed E-state index contributed by atoms with van der Waals surface area (Å²) < 4.78 is 5.54. The van der Waals surface area contributed by atoms with Crippen molar-refractivity contribution in [3.63, 3.8) is 0 Å². The van der Waals surface area contributed by atoms with Crippen molar-refractivity contribution in [1.29, 1.82) is 0 Å². The molecule has 0 amide bonds. The number of carbonyl (C=O) groups excluding carboxylic acids is 1. The Morgan fingerprint density at radius 1 is 1.53 bits per heavy atom. The second-order valence-electron chi connectivity index (χ2n) is 3.00. The van der Waals surface area contributed by atoms with Gasteiger partial charge < -0.3 is 19.5 Å². The van der Waals surface area contributed by atoms with E-state index in [0.29, 0.717) is 22.9 Å². The van der Waals surface area contributed by atoms with E-state index in [-0.39, 0.29) is 4.88 Å². The molecule has 0 bridgehead atoms. The summed E-state index contributed by atoms with van der Waals surface area (Å²) in [6, 6.07) is 0. The molecular weight excluding hydrogens is 284 g/mol. The number of morpholine rings is 1. The average Bonchev–Trinajstić information content (AvgIpc) is 2.62. The minimum atomic E-state index is -1.20. The molecule has 1 saturated heterocycles. The molecule has 1 aliphatic rings. The van der Waals surface area contributed by atoms with E-state index >= 15 is 0 Å². The van der Waals surface area contributed by atoms with Crippen LogP contribution in [0.3, 0.4) is 0 Å². The molecule has 0 aromatic carbocycles. The standard InChI is InChI=1S/C8H9BrN2O3S/c9-6-5(7(12)13)15-8(10-6)11-1-3-14-4-2-11/h1-4H2,(H,12,13)/p-1. The van der Waals surface area contributed by atoms with Gasteiger partial charge in [-0.15, -0.1) is 0 Å². The maximum Gasteiger partial charge on any atom is 0.187 e. The summed E-state index contributed by atoms with van der Waals surface area (Å²) in [7, 11) is 0. The third-order valence-corrected chi connectivity index (χ3v) is 3.97. The maximum atomic E-state index is 10.7. The van der Waals surface area contributed by atoms with E-state index in [1.54, 1.807) is 0 Å². The Labute approximate surface area is 98.8 Å². The Kier molecular flexibility index (Phi) is 3.22. The Hall–Kier alpha value is -0.660. The van der Waals surface area contributed by atoms with Crippen LogP contribution in [0.25, 0.3) is 0 Å². The van der Waals surface area contributed by atoms with E-state index in [1.807, 2.05) is 4.90 Å². The van der Waals surface area contributed by atoms with Crippen molar-refractivity contribution in [3.05, 3.63) is 9.48 Å². The highest BCUT2D eigenvalue weighted by molar-refractivity contribution is 9.10. The number of ether oxygens (including phenoxy) is 1. The van der Waals surface area contributed by atoms with Gasteiger partial charge in [0, 0.05) is 13.1 Å². The van der Waals surface area contributed by atoms with Gasteiger partial charge in [0.1, 0.15) is 4.60 Å². The number of carboxylic acids is 1. The lowest BCUT2D eigenvalue weighted by Crippen LogP contribution is -2.36. The van der Waals surface area contributed by atoms with Crippen LogP contribution in [0.2, 0.25) is 0 Å². The molecule has 0 spiro atoms. The van der Waals surface area contributed by atoms with Crippen LogP contribution in [-0.2, 0) is 4.74 Å². The topological polar surface area (TPSA) is 65.5 Å². The molecule has 1 aromatic heterocycles. The van der Waals surface area contributed by atoms with Crippen molar-refractivity contribution in [1.82, 2.24) is 4.98 Å². The predicted molar refractivity (Wildman–Crippen MR) is 57.2 cm³/mol. The number of aromatic carboxylic acids is 1. The molecule has 15 heavy (non-hydrogen) atoms. The molecule has 0 N–H and O–H groups in total. The molecule has 2 rings (SSSR count). The highest BCUT2D eigenvalue weighted by atomic mass is 79.9. The second-order valence-corrected chi connectivity index (χ2v) is 4.73. The van der Waals surface area contributed by atoms with Crippen LogP contribution in [0.5, 0.6) is 0 Å². The number of hydrogen-bond donors (Lipinski definition) is 0. The zero-order valence-corrected chi connectivity index (χ0v) is 10.1. The SMILES string of the molecule is O=C([O-])c1sc(N2CCOCC2)nc1Br. The molecule has 7 heteroatoms. The Balaban J connectivity index is 2.21. The Morgan fingerprint density at radius 3 is 2.73 bits per heavy atom. The predicted octanol–water partition coefficient (Wildman–Crippen LogP) is 0.106. The normalized spacial score (nSPS) is 16.7. The number of hydrogen-bond acceptors (Lipinski definition) is 6. The lowest BCUT2D eigenvalue weighted by atomic mass is 10.5. The number of carboxylic acid groups (broad SMARTS) is 1. The van der Waals surface area contributed by atoms with Gasteiger partial charge in [-0.1, -0.05) is 11.3 Å². The van der Waals surface area contributed by atoms with Crippen LogP contribution < -0.4 is 10.0 Å². The summed E-state index contributed by atoms with van der Waals surface area (Å²) >= 11 is 4.23. The Bertz CT molecular complexity index is 376. The van der Waals surface area contributed by atoms with E-state index in [4.69, 9.17) is 4.74 Å². The van der Waals surface area contributed by atoms with Crippen LogP contribution in [0.1, 0.15) is 9.67 Å². The molecule has 0 saturated carbocycles. The first-order valence-electron chi connectivity index (χ1n) is 4.39. The fourth-order valence-corrected chi connectivity index (χ4v) is 2.84. The summed E-state index contributed by atoms with van der Waals surface area (Å²) in [5, 5.41) is 11.4. The van der Waals surface area contributed by atoms with Crippen LogP contribution in [0.15, 0.2) is 4.60 Å². The van der Waals surface area contributed by atoms with Crippen LogP contribution in [-0.4, -0.2) is 37.3 Å². The number of anilines is 1. The molecule has 0 unspecified atom stereocenters. The van der Waals surface area contributed by atoms with Crippen LogP contribution in [0, 0.1) is 0 Å². The molecule has 5 nitrogen and oxygen atoms in total. The lowest BCUT2D eigenvalue weighted by molar-refractivity contribution is -0.254. The van der Waals surface area contributed by atoms with E-state index in [0.717, 1.165) is 24.4 Å². The van der Waals surface area contributed by atoms with Gasteiger partial charge in [-0.3, -0.25) is 0 Å². The molecule has 1 aromatic rings. The number of halogens is 1. The van der Waals surface area contributed by atoms with Crippen molar-refractivity contribution < 1.29 is 14.6 Å². The molecule has 2 heterocycles. The van der Waals surface area contributed by atoms with Gasteiger partial charge in [-0.2, -0.15) is 0 Å². The van der Waals surface area contributed by atoms with Crippen LogP contribution in [0.4, 0.5) is 5.13 Å². The fourth-order valence-electron chi connectivity index (χ4n) is 1.31. The van der Waals surface area contributed by atoms with Gasteiger partial charge in [-0.05, 0) is 15.9 Å². The summed E-state index contributed by atoms with van der Waals surface area (Å²) in [4.78, 5) is 17.0. The number of aromatic nitrogens is 1. The molecular formula is C8H8BrN2O3S-. The number of thiazole rings is 1. The molecule has 0 atom stereocenters. The van der Waals surface area contributed by atoms with Crippen molar-refractivity contribution in [2.45, 2.75) is 0 Å². The third kappa shape index (κ3) is 2.30. The van der Waals surface area contributed by atoms with Gasteiger partial charge in [-0.25, -0.2) is 4.98 Å². The maximum absolute atomic E-state index is 10.7.